The van der Waals surface area contributed by atoms with Crippen molar-refractivity contribution in [2.75, 3.05) is 25.4 Å². The zero-order valence-corrected chi connectivity index (χ0v) is 23.7. The number of amides is 2. The average molecular weight is 596 g/mol. The van der Waals surface area contributed by atoms with E-state index < -0.39 is 23.2 Å². The van der Waals surface area contributed by atoms with E-state index in [0.29, 0.717) is 52.6 Å². The quantitative estimate of drug-likeness (QED) is 0.283. The number of pyridine rings is 2. The molecule has 0 saturated carbocycles. The molecule has 12 heteroatoms. The molecular formula is C30H28F3N5O3S. The van der Waals surface area contributed by atoms with Crippen LogP contribution in [0.3, 0.4) is 0 Å². The Labute approximate surface area is 244 Å². The first-order valence-corrected chi connectivity index (χ1v) is 13.9. The lowest BCUT2D eigenvalue weighted by atomic mass is 10.0. The van der Waals surface area contributed by atoms with Gasteiger partial charge in [-0.25, -0.2) is 4.98 Å². The van der Waals surface area contributed by atoms with Crippen molar-refractivity contribution in [1.82, 2.24) is 20.2 Å². The molecule has 0 unspecified atom stereocenters. The second kappa shape index (κ2) is 11.5. The fourth-order valence-corrected chi connectivity index (χ4v) is 5.75. The Hall–Kier alpha value is -4.29. The molecule has 1 saturated heterocycles. The molecule has 0 aliphatic carbocycles. The summed E-state index contributed by atoms with van der Waals surface area (Å²) in [6, 6.07) is 10.8. The van der Waals surface area contributed by atoms with Gasteiger partial charge in [-0.2, -0.15) is 13.2 Å². The Morgan fingerprint density at radius 1 is 1.14 bits per heavy atom. The maximum absolute atomic E-state index is 14.1. The maximum atomic E-state index is 14.1. The highest BCUT2D eigenvalue weighted by atomic mass is 32.1. The molecular weight excluding hydrogens is 567 g/mol. The largest absolute Gasteiger partial charge is 0.417 e. The van der Waals surface area contributed by atoms with Gasteiger partial charge in [-0.05, 0) is 73.3 Å². The van der Waals surface area contributed by atoms with Gasteiger partial charge in [0.25, 0.3) is 5.91 Å². The molecule has 3 N–H and O–H groups in total. The molecule has 1 fully saturated rings. The molecule has 218 valence electrons. The Balaban J connectivity index is 1.34. The van der Waals surface area contributed by atoms with Crippen LogP contribution in [0.2, 0.25) is 0 Å². The number of nitrogens with two attached hydrogens (primary N) is 1. The van der Waals surface area contributed by atoms with Crippen LogP contribution in [0.1, 0.15) is 40.2 Å². The number of thiophene rings is 1. The zero-order chi connectivity index (χ0) is 30.1. The summed E-state index contributed by atoms with van der Waals surface area (Å²) in [5.74, 6) is -0.250. The number of carbonyl (C=O) groups excluding carboxylic acids is 2. The first kappa shape index (κ1) is 29.2. The first-order valence-electron chi connectivity index (χ1n) is 13.1. The molecule has 0 radical (unpaired) electrons. The molecule has 42 heavy (non-hydrogen) atoms. The summed E-state index contributed by atoms with van der Waals surface area (Å²) >= 11 is 0.971. The summed E-state index contributed by atoms with van der Waals surface area (Å²) in [4.78, 5) is 35.8. The molecule has 5 rings (SSSR count). The van der Waals surface area contributed by atoms with E-state index in [1.54, 1.807) is 47.4 Å². The van der Waals surface area contributed by atoms with E-state index >= 15 is 0 Å². The van der Waals surface area contributed by atoms with Crippen LogP contribution in [0.4, 0.5) is 19.0 Å². The minimum Gasteiger partial charge on any atom is -0.384 e. The molecule has 0 spiro atoms. The number of nitrogens with zero attached hydrogens (tertiary/aromatic N) is 3. The van der Waals surface area contributed by atoms with Crippen molar-refractivity contribution in [3.8, 4) is 11.3 Å². The molecule has 0 bridgehead atoms. The van der Waals surface area contributed by atoms with Crippen LogP contribution in [-0.4, -0.2) is 52.0 Å². The minimum atomic E-state index is -4.60. The fraction of sp³-hybridized carbons (Fsp3) is 0.267. The van der Waals surface area contributed by atoms with Gasteiger partial charge in [-0.1, -0.05) is 0 Å². The molecule has 4 heterocycles. The third kappa shape index (κ3) is 6.77. The first-order chi connectivity index (χ1) is 19.9. The average Bonchev–Trinajstić information content (AvgIpc) is 3.37. The normalized spacial score (nSPS) is 15.3. The van der Waals surface area contributed by atoms with Crippen LogP contribution < -0.4 is 11.1 Å². The topological polar surface area (TPSA) is 110 Å². The summed E-state index contributed by atoms with van der Waals surface area (Å²) in [7, 11) is 0. The van der Waals surface area contributed by atoms with E-state index in [1.165, 1.54) is 18.5 Å². The van der Waals surface area contributed by atoms with Crippen LogP contribution >= 0.6 is 11.3 Å². The van der Waals surface area contributed by atoms with E-state index in [4.69, 9.17) is 10.5 Å². The van der Waals surface area contributed by atoms with Gasteiger partial charge >= 0.3 is 6.18 Å². The summed E-state index contributed by atoms with van der Waals surface area (Å²) in [6.07, 6.45) is 1.19. The number of rotatable bonds is 6. The van der Waals surface area contributed by atoms with Crippen molar-refractivity contribution in [2.24, 2.45) is 0 Å². The highest BCUT2D eigenvalue weighted by molar-refractivity contribution is 7.19. The number of benzene rings is 1. The number of fused-ring (bicyclic) bond motifs is 1. The van der Waals surface area contributed by atoms with Gasteiger partial charge in [0.1, 0.15) is 5.82 Å². The SMILES string of the molecule is CC1(C)CN(C(=O)c2ccc(-c3cc(C(F)(F)F)c4sc(CNC(=O)/C=C/c5ccc(N)nc5)cc4c3)nc2)CCO1. The van der Waals surface area contributed by atoms with Gasteiger partial charge in [0.05, 0.1) is 35.6 Å². The Kier molecular flexibility index (Phi) is 8.02. The number of anilines is 1. The summed E-state index contributed by atoms with van der Waals surface area (Å²) in [5, 5.41) is 3.08. The van der Waals surface area contributed by atoms with Gasteiger partial charge in [0, 0.05) is 46.7 Å². The van der Waals surface area contributed by atoms with E-state index in [2.05, 4.69) is 15.3 Å². The van der Waals surface area contributed by atoms with Gasteiger partial charge < -0.3 is 20.7 Å². The lowest BCUT2D eigenvalue weighted by Crippen LogP contribution is -2.50. The molecule has 4 aromatic rings. The Morgan fingerprint density at radius 2 is 1.95 bits per heavy atom. The molecule has 1 aliphatic heterocycles. The van der Waals surface area contributed by atoms with Gasteiger partial charge in [0.2, 0.25) is 5.91 Å². The zero-order valence-electron chi connectivity index (χ0n) is 22.9. The number of nitrogens with one attached hydrogen (secondary N) is 1. The number of ether oxygens (including phenoxy) is 1. The third-order valence-electron chi connectivity index (χ3n) is 6.67. The van der Waals surface area contributed by atoms with E-state index in [0.717, 1.165) is 17.4 Å². The van der Waals surface area contributed by atoms with Crippen molar-refractivity contribution in [3.05, 3.63) is 82.5 Å². The lowest BCUT2D eigenvalue weighted by molar-refractivity contribution is -0.136. The molecule has 0 atom stereocenters. The number of halogens is 3. The second-order valence-corrected chi connectivity index (χ2v) is 11.6. The van der Waals surface area contributed by atoms with Crippen molar-refractivity contribution in [2.45, 2.75) is 32.2 Å². The monoisotopic (exact) mass is 595 g/mol. The predicted molar refractivity (Wildman–Crippen MR) is 156 cm³/mol. The molecule has 8 nitrogen and oxygen atoms in total. The number of carbonyl (C=O) groups is 2. The fourth-order valence-electron chi connectivity index (χ4n) is 4.64. The predicted octanol–water partition coefficient (Wildman–Crippen LogP) is 5.54. The molecule has 3 aromatic heterocycles. The van der Waals surface area contributed by atoms with Crippen molar-refractivity contribution in [1.29, 1.82) is 0 Å². The Bertz CT molecular complexity index is 1650. The Morgan fingerprint density at radius 3 is 2.62 bits per heavy atom. The van der Waals surface area contributed by atoms with Crippen LogP contribution in [0.25, 0.3) is 27.4 Å². The number of hydrogen-bond acceptors (Lipinski definition) is 7. The second-order valence-electron chi connectivity index (χ2n) is 10.5. The third-order valence-corrected chi connectivity index (χ3v) is 7.85. The number of morpholine rings is 1. The van der Waals surface area contributed by atoms with Gasteiger partial charge in [0.15, 0.2) is 0 Å². The van der Waals surface area contributed by atoms with Crippen LogP contribution in [-0.2, 0) is 22.3 Å². The minimum absolute atomic E-state index is 0.0581. The number of alkyl halides is 3. The summed E-state index contributed by atoms with van der Waals surface area (Å²) in [6.45, 7) is 5.18. The van der Waals surface area contributed by atoms with Crippen LogP contribution in [0.15, 0.2) is 60.9 Å². The van der Waals surface area contributed by atoms with E-state index in [1.807, 2.05) is 13.8 Å². The van der Waals surface area contributed by atoms with Crippen molar-refractivity contribution >= 4 is 45.1 Å². The van der Waals surface area contributed by atoms with Gasteiger partial charge in [-0.3, -0.25) is 14.6 Å². The summed E-state index contributed by atoms with van der Waals surface area (Å²) in [5.41, 5.74) is 5.92. The number of hydrogen-bond donors (Lipinski definition) is 2. The maximum Gasteiger partial charge on any atom is 0.417 e. The summed E-state index contributed by atoms with van der Waals surface area (Å²) < 4.78 is 48.0. The smallest absolute Gasteiger partial charge is 0.384 e. The number of nitrogen functional groups attached to an aromatic ring is 1. The lowest BCUT2D eigenvalue weighted by Gasteiger charge is -2.38. The molecule has 1 aliphatic rings. The van der Waals surface area contributed by atoms with E-state index in [9.17, 15) is 22.8 Å². The van der Waals surface area contributed by atoms with Crippen LogP contribution in [0, 0.1) is 0 Å². The van der Waals surface area contributed by atoms with Gasteiger partial charge in [-0.15, -0.1) is 11.3 Å². The van der Waals surface area contributed by atoms with E-state index in [-0.39, 0.29) is 22.7 Å². The molecule has 1 aromatic carbocycles. The number of aromatic nitrogens is 2. The highest BCUT2D eigenvalue weighted by Crippen LogP contribution is 2.41. The van der Waals surface area contributed by atoms with Crippen molar-refractivity contribution in [3.63, 3.8) is 0 Å². The molecule has 2 amide bonds. The highest BCUT2D eigenvalue weighted by Gasteiger charge is 2.34. The standard InChI is InChI=1S/C30H28F3N5O3S/c1-29(2)17-38(9-10-41-29)28(40)19-5-6-24(35-15-19)20-11-21-12-22(42-27(21)23(13-20)30(31,32)33)16-37-26(39)8-4-18-3-7-25(34)36-14-18/h3-8,11-15H,9-10,16-17H2,1-2H3,(H2,34,36)(H,37,39)/b8-4+. The van der Waals surface area contributed by atoms with Crippen molar-refractivity contribution < 1.29 is 27.5 Å². The van der Waals surface area contributed by atoms with Crippen LogP contribution in [0.5, 0.6) is 0 Å².